The van der Waals surface area contributed by atoms with E-state index in [0.717, 1.165) is 34.5 Å². The number of anilines is 1. The van der Waals surface area contributed by atoms with Gasteiger partial charge in [-0.2, -0.15) is 0 Å². The third kappa shape index (κ3) is 7.29. The molecular weight excluding hydrogens is 518 g/mol. The number of aromatic carboxylic acids is 1. The normalized spacial score (nSPS) is 12.3. The summed E-state index contributed by atoms with van der Waals surface area (Å²) < 4.78 is 0. The Labute approximate surface area is 250 Å². The Morgan fingerprint density at radius 2 is 1.45 bits per heavy atom. The van der Waals surface area contributed by atoms with Gasteiger partial charge in [-0.1, -0.05) is 108 Å². The van der Waals surface area contributed by atoms with E-state index < -0.39 is 12.1 Å². The third-order valence-corrected chi connectivity index (χ3v) is 7.45. The zero-order valence-electron chi connectivity index (χ0n) is 25.7. The van der Waals surface area contributed by atoms with Gasteiger partial charge < -0.3 is 15.1 Å². The van der Waals surface area contributed by atoms with Crippen LogP contribution in [0.25, 0.3) is 11.1 Å². The van der Waals surface area contributed by atoms with Gasteiger partial charge in [0.1, 0.15) is 6.10 Å². The number of hydrogen-bond acceptors (Lipinski definition) is 3. The van der Waals surface area contributed by atoms with Crippen LogP contribution in [-0.2, 0) is 17.4 Å². The summed E-state index contributed by atoms with van der Waals surface area (Å²) >= 11 is 0. The summed E-state index contributed by atoms with van der Waals surface area (Å²) in [6, 6.07) is 29.7. The molecule has 4 heteroatoms. The second-order valence-electron chi connectivity index (χ2n) is 12.9. The van der Waals surface area contributed by atoms with Gasteiger partial charge in [-0.05, 0) is 75.0 Å². The molecule has 4 rings (SSSR count). The third-order valence-electron chi connectivity index (χ3n) is 7.45. The highest BCUT2D eigenvalue weighted by atomic mass is 16.4. The van der Waals surface area contributed by atoms with Crippen LogP contribution in [0.4, 0.5) is 5.69 Å². The molecule has 42 heavy (non-hydrogen) atoms. The molecule has 216 valence electrons. The van der Waals surface area contributed by atoms with Crippen molar-refractivity contribution in [3.05, 3.63) is 124 Å². The van der Waals surface area contributed by atoms with Crippen LogP contribution >= 0.6 is 0 Å². The van der Waals surface area contributed by atoms with Crippen LogP contribution in [0.1, 0.15) is 85.8 Å². The maximum absolute atomic E-state index is 11.3. The van der Waals surface area contributed by atoms with Gasteiger partial charge in [0.15, 0.2) is 0 Å². The lowest BCUT2D eigenvalue weighted by Gasteiger charge is -2.32. The van der Waals surface area contributed by atoms with Crippen molar-refractivity contribution in [2.75, 3.05) is 11.9 Å². The van der Waals surface area contributed by atoms with Crippen molar-refractivity contribution < 1.29 is 15.0 Å². The molecule has 4 aromatic rings. The summed E-state index contributed by atoms with van der Waals surface area (Å²) in [4.78, 5) is 13.5. The van der Waals surface area contributed by atoms with Gasteiger partial charge in [-0.15, -0.1) is 0 Å². The number of hydrogen-bond donors (Lipinski definition) is 2. The first-order valence-electron chi connectivity index (χ1n) is 14.3. The fraction of sp³-hybridized carbons (Fsp3) is 0.289. The monoisotopic (exact) mass is 559 g/mol. The van der Waals surface area contributed by atoms with E-state index in [-0.39, 0.29) is 16.4 Å². The molecular formula is C38H41NO3. The molecule has 0 heterocycles. The van der Waals surface area contributed by atoms with Gasteiger partial charge in [0, 0.05) is 30.4 Å². The first-order chi connectivity index (χ1) is 19.7. The molecule has 0 amide bonds. The van der Waals surface area contributed by atoms with E-state index in [9.17, 15) is 15.0 Å². The number of nitrogens with zero attached hydrogens (tertiary/aromatic N) is 1. The first-order valence-corrected chi connectivity index (χ1v) is 14.3. The van der Waals surface area contributed by atoms with Gasteiger partial charge in [0.05, 0.1) is 5.56 Å². The zero-order chi connectivity index (χ0) is 30.7. The number of rotatable bonds is 6. The Balaban J connectivity index is 1.85. The quantitative estimate of drug-likeness (QED) is 0.233. The summed E-state index contributed by atoms with van der Waals surface area (Å²) in [5, 5.41) is 20.5. The topological polar surface area (TPSA) is 60.8 Å². The van der Waals surface area contributed by atoms with Gasteiger partial charge in [-0.3, -0.25) is 0 Å². The fourth-order valence-corrected chi connectivity index (χ4v) is 5.03. The highest BCUT2D eigenvalue weighted by Gasteiger charge is 2.26. The van der Waals surface area contributed by atoms with Crippen LogP contribution in [0.5, 0.6) is 0 Å². The average molecular weight is 560 g/mol. The average Bonchev–Trinajstić information content (AvgIpc) is 2.95. The smallest absolute Gasteiger partial charge is 0.335 e. The van der Waals surface area contributed by atoms with E-state index in [1.807, 2.05) is 6.07 Å². The summed E-state index contributed by atoms with van der Waals surface area (Å²) in [5.74, 6) is 5.02. The first kappa shape index (κ1) is 30.6. The van der Waals surface area contributed by atoms with Crippen molar-refractivity contribution in [2.45, 2.75) is 65.0 Å². The molecule has 0 radical (unpaired) electrons. The molecule has 0 aliphatic carbocycles. The summed E-state index contributed by atoms with van der Waals surface area (Å²) in [6.45, 7) is 14.0. The predicted molar refractivity (Wildman–Crippen MR) is 173 cm³/mol. The number of aliphatic hydroxyl groups excluding tert-OH is 1. The van der Waals surface area contributed by atoms with Crippen molar-refractivity contribution >= 4 is 11.7 Å². The van der Waals surface area contributed by atoms with Crippen molar-refractivity contribution in [1.29, 1.82) is 0 Å². The minimum Gasteiger partial charge on any atom is -0.478 e. The molecule has 4 nitrogen and oxygen atoms in total. The van der Waals surface area contributed by atoms with Gasteiger partial charge in [0.2, 0.25) is 0 Å². The number of carboxylic acid groups (broad SMARTS) is 1. The maximum atomic E-state index is 11.3. The predicted octanol–water partition coefficient (Wildman–Crippen LogP) is 8.37. The lowest BCUT2D eigenvalue weighted by Crippen LogP contribution is -2.24. The largest absolute Gasteiger partial charge is 0.478 e. The van der Waals surface area contributed by atoms with Crippen LogP contribution in [0.3, 0.4) is 0 Å². The van der Waals surface area contributed by atoms with Gasteiger partial charge in [0.25, 0.3) is 0 Å². The molecule has 1 atom stereocenters. The second kappa shape index (κ2) is 12.3. The number of carbonyl (C=O) groups is 1. The van der Waals surface area contributed by atoms with Crippen molar-refractivity contribution in [3.63, 3.8) is 0 Å². The van der Waals surface area contributed by atoms with E-state index in [4.69, 9.17) is 0 Å². The lowest BCUT2D eigenvalue weighted by molar-refractivity contribution is 0.0697. The number of benzene rings is 4. The van der Waals surface area contributed by atoms with Crippen LogP contribution in [0.15, 0.2) is 91.0 Å². The summed E-state index contributed by atoms with van der Waals surface area (Å²) in [7, 11) is 2.13. The highest BCUT2D eigenvalue weighted by Crippen LogP contribution is 2.42. The molecule has 0 bridgehead atoms. The summed E-state index contributed by atoms with van der Waals surface area (Å²) in [5.41, 5.74) is 8.26. The number of aliphatic hydroxyl groups is 1. The van der Waals surface area contributed by atoms with Crippen molar-refractivity contribution in [3.8, 4) is 23.0 Å². The minimum absolute atomic E-state index is 0.0400. The van der Waals surface area contributed by atoms with E-state index >= 15 is 0 Å². The van der Waals surface area contributed by atoms with Crippen LogP contribution in [0.2, 0.25) is 0 Å². The van der Waals surface area contributed by atoms with Crippen LogP contribution in [-0.4, -0.2) is 23.2 Å². The lowest BCUT2D eigenvalue weighted by atomic mass is 9.80. The van der Waals surface area contributed by atoms with E-state index in [0.29, 0.717) is 5.56 Å². The molecule has 0 aliphatic rings. The Morgan fingerprint density at radius 1 is 0.833 bits per heavy atom. The van der Waals surface area contributed by atoms with Gasteiger partial charge >= 0.3 is 5.97 Å². The molecule has 0 saturated heterocycles. The maximum Gasteiger partial charge on any atom is 0.335 e. The van der Waals surface area contributed by atoms with Crippen molar-refractivity contribution in [1.82, 2.24) is 0 Å². The number of carboxylic acids is 1. The molecule has 0 aromatic heterocycles. The van der Waals surface area contributed by atoms with Crippen molar-refractivity contribution in [2.24, 2.45) is 0 Å². The Bertz CT molecular complexity index is 1590. The van der Waals surface area contributed by atoms with Crippen LogP contribution < -0.4 is 4.90 Å². The summed E-state index contributed by atoms with van der Waals surface area (Å²) in [6.07, 6.45) is -1.02. The van der Waals surface area contributed by atoms with E-state index in [1.54, 1.807) is 12.1 Å². The molecule has 0 fully saturated rings. The van der Waals surface area contributed by atoms with E-state index in [1.165, 1.54) is 23.3 Å². The highest BCUT2D eigenvalue weighted by molar-refractivity contribution is 5.87. The Hall–Kier alpha value is -4.33. The molecule has 4 aromatic carbocycles. The molecule has 1 unspecified atom stereocenters. The fourth-order valence-electron chi connectivity index (χ4n) is 5.03. The van der Waals surface area contributed by atoms with Gasteiger partial charge in [-0.25, -0.2) is 4.79 Å². The zero-order valence-corrected chi connectivity index (χ0v) is 25.7. The Morgan fingerprint density at radius 3 is 2.00 bits per heavy atom. The second-order valence-corrected chi connectivity index (χ2v) is 12.9. The molecule has 0 spiro atoms. The van der Waals surface area contributed by atoms with Crippen LogP contribution in [0, 0.1) is 11.8 Å². The van der Waals surface area contributed by atoms with E-state index in [2.05, 4.69) is 126 Å². The molecule has 0 saturated carbocycles. The standard InChI is InChI=1S/C38H41NO3/c1-37(2,3)31-20-18-28(19-21-31)32-23-30(34(40)22-15-26-13-16-29(17-14-26)36(41)42)24-33(38(4,5)6)35(32)39(7)25-27-11-9-8-10-12-27/h8-14,16-21,23-24,34,40H,25H2,1-7H3,(H,41,42). The SMILES string of the molecule is CN(Cc1ccccc1)c1c(-c2ccc(C(C)(C)C)cc2)cc(C(O)C#Cc2ccc(C(=O)O)cc2)cc1C(C)(C)C. The molecule has 2 N–H and O–H groups in total. The Kier molecular flexibility index (Phi) is 8.95. The molecule has 0 aliphatic heterocycles. The minimum atomic E-state index is -1.02.